The third-order valence-electron chi connectivity index (χ3n) is 5.63. The summed E-state index contributed by atoms with van der Waals surface area (Å²) in [5.41, 5.74) is 5.31. The van der Waals surface area contributed by atoms with E-state index in [4.69, 9.17) is 5.11 Å². The van der Waals surface area contributed by atoms with Crippen molar-refractivity contribution in [3.05, 3.63) is 70.9 Å². The number of benzene rings is 2. The number of aromatic nitrogens is 1. The highest BCUT2D eigenvalue weighted by molar-refractivity contribution is 5.87. The fraction of sp³-hybridized carbons (Fsp3) is 0.318. The second-order valence-electron chi connectivity index (χ2n) is 7.48. The first kappa shape index (κ1) is 17.8. The van der Waals surface area contributed by atoms with Crippen LogP contribution in [0.15, 0.2) is 48.7 Å². The Labute approximate surface area is 159 Å². The number of carboxylic acids is 1. The van der Waals surface area contributed by atoms with Crippen LogP contribution < -0.4 is 0 Å². The summed E-state index contributed by atoms with van der Waals surface area (Å²) < 4.78 is 0. The Balaban J connectivity index is 1.64. The van der Waals surface area contributed by atoms with E-state index < -0.39 is 5.97 Å². The van der Waals surface area contributed by atoms with Crippen LogP contribution in [0.2, 0.25) is 0 Å². The van der Waals surface area contributed by atoms with Crippen LogP contribution in [0, 0.1) is 6.92 Å². The summed E-state index contributed by atoms with van der Waals surface area (Å²) in [6.45, 7) is 5.97. The first-order valence-corrected chi connectivity index (χ1v) is 9.34. The lowest BCUT2D eigenvalue weighted by Crippen LogP contribution is -2.46. The van der Waals surface area contributed by atoms with Gasteiger partial charge >= 0.3 is 5.97 Å². The minimum absolute atomic E-state index is 0.252. The molecule has 3 aromatic rings. The van der Waals surface area contributed by atoms with Crippen molar-refractivity contribution in [1.82, 2.24) is 14.8 Å². The van der Waals surface area contributed by atoms with Crippen molar-refractivity contribution >= 4 is 16.9 Å². The molecule has 2 aromatic carbocycles. The molecule has 0 bridgehead atoms. The number of piperazine rings is 1. The number of aromatic amines is 1. The van der Waals surface area contributed by atoms with Gasteiger partial charge in [0.05, 0.1) is 5.56 Å². The van der Waals surface area contributed by atoms with Crippen LogP contribution in [0.25, 0.3) is 10.9 Å². The van der Waals surface area contributed by atoms with Crippen LogP contribution in [0.3, 0.4) is 0 Å². The van der Waals surface area contributed by atoms with Crippen molar-refractivity contribution in [2.24, 2.45) is 0 Å². The number of nitrogens with one attached hydrogen (secondary N) is 1. The fourth-order valence-electron chi connectivity index (χ4n) is 4.03. The Kier molecular flexibility index (Phi) is 4.72. The zero-order valence-electron chi connectivity index (χ0n) is 15.8. The first-order chi connectivity index (χ1) is 13.0. The normalized spacial score (nSPS) is 18.8. The summed E-state index contributed by atoms with van der Waals surface area (Å²) in [6, 6.07) is 14.2. The minimum atomic E-state index is -0.881. The van der Waals surface area contributed by atoms with Gasteiger partial charge in [-0.2, -0.15) is 0 Å². The number of likely N-dealkylation sites (N-methyl/N-ethyl adjacent to an activating group) is 1. The maximum absolute atomic E-state index is 11.2. The molecular weight excluding hydrogens is 338 g/mol. The van der Waals surface area contributed by atoms with E-state index in [9.17, 15) is 4.79 Å². The molecule has 2 heterocycles. The average Bonchev–Trinajstić information content (AvgIpc) is 3.16. The molecular formula is C22H25N3O2. The number of aromatic carboxylic acids is 1. The second kappa shape index (κ2) is 7.18. The third-order valence-corrected chi connectivity index (χ3v) is 5.63. The highest BCUT2D eigenvalue weighted by Crippen LogP contribution is 2.29. The van der Waals surface area contributed by atoms with E-state index in [0.29, 0.717) is 5.56 Å². The molecule has 2 N–H and O–H groups in total. The Hall–Kier alpha value is -2.63. The van der Waals surface area contributed by atoms with Gasteiger partial charge in [0.25, 0.3) is 0 Å². The number of carboxylic acid groups (broad SMARTS) is 1. The van der Waals surface area contributed by atoms with Crippen LogP contribution in [-0.4, -0.2) is 52.5 Å². The summed E-state index contributed by atoms with van der Waals surface area (Å²) in [7, 11) is 2.15. The van der Waals surface area contributed by atoms with Gasteiger partial charge in [-0.15, -0.1) is 0 Å². The van der Waals surface area contributed by atoms with Crippen molar-refractivity contribution in [2.45, 2.75) is 19.5 Å². The largest absolute Gasteiger partial charge is 0.478 e. The molecule has 0 amide bonds. The summed E-state index contributed by atoms with van der Waals surface area (Å²) in [6.07, 6.45) is 2.01. The molecule has 5 nitrogen and oxygen atoms in total. The number of nitrogens with zero attached hydrogens (tertiary/aromatic N) is 2. The third kappa shape index (κ3) is 3.48. The van der Waals surface area contributed by atoms with Crippen LogP contribution in [0.4, 0.5) is 0 Å². The number of fused-ring (bicyclic) bond motifs is 1. The number of aryl methyl sites for hydroxylation is 1. The van der Waals surface area contributed by atoms with Gasteiger partial charge in [-0.25, -0.2) is 4.79 Å². The van der Waals surface area contributed by atoms with Gasteiger partial charge in [-0.05, 0) is 48.9 Å². The summed E-state index contributed by atoms with van der Waals surface area (Å²) in [5.74, 6) is -0.881. The van der Waals surface area contributed by atoms with Crippen molar-refractivity contribution in [1.29, 1.82) is 0 Å². The lowest BCUT2D eigenvalue weighted by Gasteiger charge is -2.40. The highest BCUT2D eigenvalue weighted by Gasteiger charge is 2.27. The molecule has 1 fully saturated rings. The van der Waals surface area contributed by atoms with Crippen molar-refractivity contribution in [3.8, 4) is 0 Å². The monoisotopic (exact) mass is 363 g/mol. The lowest BCUT2D eigenvalue weighted by atomic mass is 9.99. The quantitative estimate of drug-likeness (QED) is 0.743. The predicted octanol–water partition coefficient (Wildman–Crippen LogP) is 3.66. The zero-order valence-corrected chi connectivity index (χ0v) is 15.8. The molecule has 1 aliphatic rings. The lowest BCUT2D eigenvalue weighted by molar-refractivity contribution is 0.0696. The number of rotatable bonds is 4. The molecule has 27 heavy (non-hydrogen) atoms. The molecule has 140 valence electrons. The Morgan fingerprint density at radius 3 is 2.67 bits per heavy atom. The molecule has 0 aliphatic carbocycles. The molecule has 0 saturated carbocycles. The van der Waals surface area contributed by atoms with E-state index in [0.717, 1.165) is 26.2 Å². The number of hydrogen-bond donors (Lipinski definition) is 2. The molecule has 1 aliphatic heterocycles. The Bertz CT molecular complexity index is 961. The van der Waals surface area contributed by atoms with E-state index in [2.05, 4.69) is 47.0 Å². The van der Waals surface area contributed by atoms with Crippen LogP contribution in [0.5, 0.6) is 0 Å². The molecule has 1 unspecified atom stereocenters. The SMILES string of the molecule is Cc1ccc(CN2CCN(C)CC2c2ccc(C(=O)O)cc2)c2cc[nH]c12. The van der Waals surface area contributed by atoms with E-state index in [1.54, 1.807) is 12.1 Å². The van der Waals surface area contributed by atoms with Gasteiger partial charge < -0.3 is 15.0 Å². The minimum Gasteiger partial charge on any atom is -0.478 e. The van der Waals surface area contributed by atoms with Gasteiger partial charge in [0, 0.05) is 49.3 Å². The standard InChI is InChI=1S/C22H25N3O2/c1-15-3-4-18(19-9-10-23-21(15)19)13-25-12-11-24(2)14-20(25)16-5-7-17(8-6-16)22(26)27/h3-10,20,23H,11-14H2,1-2H3,(H,26,27). The Morgan fingerprint density at radius 1 is 1.15 bits per heavy atom. The topological polar surface area (TPSA) is 59.6 Å². The molecule has 4 rings (SSSR count). The van der Waals surface area contributed by atoms with Crippen molar-refractivity contribution < 1.29 is 9.90 Å². The fourth-order valence-corrected chi connectivity index (χ4v) is 4.03. The van der Waals surface area contributed by atoms with Gasteiger partial charge in [0.15, 0.2) is 0 Å². The maximum Gasteiger partial charge on any atom is 0.335 e. The maximum atomic E-state index is 11.2. The van der Waals surface area contributed by atoms with E-state index in [1.165, 1.54) is 27.6 Å². The van der Waals surface area contributed by atoms with Gasteiger partial charge in [-0.3, -0.25) is 4.90 Å². The summed E-state index contributed by atoms with van der Waals surface area (Å²) in [5, 5.41) is 10.4. The number of carbonyl (C=O) groups is 1. The van der Waals surface area contributed by atoms with Gasteiger partial charge in [0.2, 0.25) is 0 Å². The van der Waals surface area contributed by atoms with E-state index in [-0.39, 0.29) is 6.04 Å². The van der Waals surface area contributed by atoms with Crippen molar-refractivity contribution in [2.75, 3.05) is 26.7 Å². The van der Waals surface area contributed by atoms with E-state index >= 15 is 0 Å². The zero-order chi connectivity index (χ0) is 19.0. The van der Waals surface area contributed by atoms with E-state index in [1.807, 2.05) is 18.3 Å². The molecule has 5 heteroatoms. The summed E-state index contributed by atoms with van der Waals surface area (Å²) in [4.78, 5) is 19.3. The Morgan fingerprint density at radius 2 is 1.93 bits per heavy atom. The van der Waals surface area contributed by atoms with Crippen LogP contribution in [-0.2, 0) is 6.54 Å². The molecule has 1 aromatic heterocycles. The van der Waals surface area contributed by atoms with Gasteiger partial charge in [0.1, 0.15) is 0 Å². The predicted molar refractivity (Wildman–Crippen MR) is 107 cm³/mol. The smallest absolute Gasteiger partial charge is 0.335 e. The van der Waals surface area contributed by atoms with Gasteiger partial charge in [-0.1, -0.05) is 24.3 Å². The summed E-state index contributed by atoms with van der Waals surface area (Å²) >= 11 is 0. The van der Waals surface area contributed by atoms with Crippen LogP contribution >= 0.6 is 0 Å². The average molecular weight is 363 g/mol. The molecule has 0 radical (unpaired) electrons. The van der Waals surface area contributed by atoms with Crippen molar-refractivity contribution in [3.63, 3.8) is 0 Å². The number of H-pyrrole nitrogens is 1. The van der Waals surface area contributed by atoms with Crippen LogP contribution in [0.1, 0.15) is 33.1 Å². The highest BCUT2D eigenvalue weighted by atomic mass is 16.4. The number of hydrogen-bond acceptors (Lipinski definition) is 3. The second-order valence-corrected chi connectivity index (χ2v) is 7.48. The first-order valence-electron chi connectivity index (χ1n) is 9.34. The molecule has 1 saturated heterocycles. The molecule has 1 atom stereocenters. The molecule has 0 spiro atoms.